The van der Waals surface area contributed by atoms with Crippen molar-refractivity contribution >= 4 is 11.3 Å². The van der Waals surface area contributed by atoms with E-state index in [1.807, 2.05) is 0 Å². The lowest BCUT2D eigenvalue weighted by Crippen LogP contribution is -2.29. The lowest BCUT2D eigenvalue weighted by Gasteiger charge is -2.20. The molecule has 2 N–H and O–H groups in total. The Labute approximate surface area is 94.5 Å². The highest BCUT2D eigenvalue weighted by molar-refractivity contribution is 7.11. The summed E-state index contributed by atoms with van der Waals surface area (Å²) in [4.78, 5) is 3.13. The van der Waals surface area contributed by atoms with E-state index in [1.54, 1.807) is 6.92 Å². The van der Waals surface area contributed by atoms with E-state index in [0.29, 0.717) is 17.8 Å². The maximum absolute atomic E-state index is 14.1. The molecule has 0 aliphatic carbocycles. The van der Waals surface area contributed by atoms with E-state index < -0.39 is 16.9 Å². The first-order chi connectivity index (χ1) is 7.33. The molecule has 7 heteroatoms. The summed E-state index contributed by atoms with van der Waals surface area (Å²) in [5.74, 6) is 0. The second-order valence-electron chi connectivity index (χ2n) is 3.45. The van der Waals surface area contributed by atoms with Gasteiger partial charge in [-0.25, -0.2) is 9.37 Å². The summed E-state index contributed by atoms with van der Waals surface area (Å²) < 4.78 is 51.0. The zero-order valence-electron chi connectivity index (χ0n) is 8.64. The average molecular weight is 256 g/mol. The number of alkyl halides is 4. The molecule has 1 aromatic rings. The van der Waals surface area contributed by atoms with Crippen LogP contribution < -0.4 is 5.73 Å². The minimum absolute atomic E-state index is 0.0517. The molecule has 0 aromatic carbocycles. The van der Waals surface area contributed by atoms with Crippen LogP contribution in [0.5, 0.6) is 0 Å². The van der Waals surface area contributed by atoms with Gasteiger partial charge in [0.25, 0.3) is 0 Å². The van der Waals surface area contributed by atoms with Crippen molar-refractivity contribution in [2.75, 3.05) is 6.54 Å². The third-order valence-corrected chi connectivity index (χ3v) is 3.38. The van der Waals surface area contributed by atoms with Crippen LogP contribution in [0.1, 0.15) is 29.7 Å². The Hall–Kier alpha value is -0.690. The smallest absolute Gasteiger partial charge is 0.327 e. The predicted octanol–water partition coefficient (Wildman–Crippen LogP) is 3.09. The van der Waals surface area contributed by atoms with Crippen LogP contribution in [0.3, 0.4) is 0 Å². The molecule has 92 valence electrons. The number of aromatic nitrogens is 1. The van der Waals surface area contributed by atoms with E-state index in [-0.39, 0.29) is 17.8 Å². The molecule has 0 amide bonds. The molecule has 1 heterocycles. The van der Waals surface area contributed by atoms with E-state index in [1.165, 1.54) is 0 Å². The summed E-state index contributed by atoms with van der Waals surface area (Å²) in [7, 11) is 0. The van der Waals surface area contributed by atoms with Crippen molar-refractivity contribution in [2.45, 2.75) is 31.6 Å². The quantitative estimate of drug-likeness (QED) is 0.841. The van der Waals surface area contributed by atoms with Crippen molar-refractivity contribution in [3.05, 3.63) is 16.1 Å². The van der Waals surface area contributed by atoms with Gasteiger partial charge in [0.05, 0.1) is 4.88 Å². The molecule has 0 radical (unpaired) electrons. The molecule has 0 aliphatic heterocycles. The zero-order chi connectivity index (χ0) is 12.4. The van der Waals surface area contributed by atoms with Gasteiger partial charge in [-0.2, -0.15) is 13.2 Å². The van der Waals surface area contributed by atoms with Gasteiger partial charge in [-0.1, -0.05) is 13.3 Å². The van der Waals surface area contributed by atoms with Gasteiger partial charge < -0.3 is 5.73 Å². The lowest BCUT2D eigenvalue weighted by atomic mass is 9.99. The largest absolute Gasteiger partial charge is 0.443 e. The monoisotopic (exact) mass is 256 g/mol. The third-order valence-electron chi connectivity index (χ3n) is 2.16. The van der Waals surface area contributed by atoms with Crippen LogP contribution in [-0.2, 0) is 11.8 Å². The summed E-state index contributed by atoms with van der Waals surface area (Å²) >= 11 is 0.320. The van der Waals surface area contributed by atoms with Crippen molar-refractivity contribution in [3.8, 4) is 0 Å². The number of halogens is 4. The Bertz CT molecular complexity index is 350. The minimum atomic E-state index is -4.52. The third kappa shape index (κ3) is 2.70. The summed E-state index contributed by atoms with van der Waals surface area (Å²) in [6.07, 6.45) is -2.99. The van der Waals surface area contributed by atoms with Gasteiger partial charge in [-0.15, -0.1) is 11.3 Å². The van der Waals surface area contributed by atoms with Crippen molar-refractivity contribution in [1.82, 2.24) is 4.98 Å². The number of nitrogens with zero attached hydrogens (tertiary/aromatic N) is 1. The predicted molar refractivity (Wildman–Crippen MR) is 53.9 cm³/mol. The van der Waals surface area contributed by atoms with Crippen LogP contribution in [0.4, 0.5) is 17.6 Å². The number of nitrogens with two attached hydrogens (primary N) is 1. The summed E-state index contributed by atoms with van der Waals surface area (Å²) in [6, 6.07) is 0. The number of hydrogen-bond donors (Lipinski definition) is 1. The van der Waals surface area contributed by atoms with Gasteiger partial charge >= 0.3 is 6.18 Å². The molecular formula is C9H12F4N2S. The lowest BCUT2D eigenvalue weighted by molar-refractivity contribution is -0.137. The number of thiazole rings is 1. The number of hydrogen-bond acceptors (Lipinski definition) is 3. The zero-order valence-corrected chi connectivity index (χ0v) is 9.46. The van der Waals surface area contributed by atoms with E-state index in [2.05, 4.69) is 4.98 Å². The molecular weight excluding hydrogens is 244 g/mol. The van der Waals surface area contributed by atoms with Crippen LogP contribution in [0, 0.1) is 0 Å². The van der Waals surface area contributed by atoms with Crippen molar-refractivity contribution in [2.24, 2.45) is 5.73 Å². The first-order valence-corrected chi connectivity index (χ1v) is 5.57. The summed E-state index contributed by atoms with van der Waals surface area (Å²) in [5, 5.41) is -1.03. The van der Waals surface area contributed by atoms with Gasteiger partial charge in [-0.3, -0.25) is 0 Å². The molecule has 0 saturated carbocycles. The van der Waals surface area contributed by atoms with Crippen LogP contribution in [-0.4, -0.2) is 11.5 Å². The molecule has 2 nitrogen and oxygen atoms in total. The van der Waals surface area contributed by atoms with E-state index in [0.717, 1.165) is 6.20 Å². The number of rotatable bonds is 4. The Morgan fingerprint density at radius 3 is 2.38 bits per heavy atom. The van der Waals surface area contributed by atoms with Crippen LogP contribution in [0.2, 0.25) is 0 Å². The highest BCUT2D eigenvalue weighted by Crippen LogP contribution is 2.39. The fourth-order valence-electron chi connectivity index (χ4n) is 1.33. The standard InChI is InChI=1S/C9H12F4N2S/c1-2-3-8(10,5-14)6-4-15-7(16-6)9(11,12)13/h4H,2-3,5,14H2,1H3. The highest BCUT2D eigenvalue weighted by atomic mass is 32.1. The average Bonchev–Trinajstić information content (AvgIpc) is 2.66. The van der Waals surface area contributed by atoms with Crippen molar-refractivity contribution in [1.29, 1.82) is 0 Å². The molecule has 16 heavy (non-hydrogen) atoms. The summed E-state index contributed by atoms with van der Waals surface area (Å²) in [5.41, 5.74) is 3.37. The van der Waals surface area contributed by atoms with Crippen LogP contribution in [0.15, 0.2) is 6.20 Å². The van der Waals surface area contributed by atoms with Gasteiger partial charge in [0.2, 0.25) is 0 Å². The Balaban J connectivity index is 3.00. The first kappa shape index (κ1) is 13.4. The molecule has 1 atom stereocenters. The molecule has 0 aliphatic rings. The SMILES string of the molecule is CCCC(F)(CN)c1cnc(C(F)(F)F)s1. The van der Waals surface area contributed by atoms with Crippen molar-refractivity contribution < 1.29 is 17.6 Å². The fourth-order valence-corrected chi connectivity index (χ4v) is 2.24. The Kier molecular flexibility index (Phi) is 3.90. The summed E-state index contributed by atoms with van der Waals surface area (Å²) in [6.45, 7) is 1.41. The van der Waals surface area contributed by atoms with Gasteiger partial charge in [0, 0.05) is 12.7 Å². The van der Waals surface area contributed by atoms with Crippen LogP contribution >= 0.6 is 11.3 Å². The van der Waals surface area contributed by atoms with Gasteiger partial charge in [0.1, 0.15) is 0 Å². The van der Waals surface area contributed by atoms with E-state index in [4.69, 9.17) is 5.73 Å². The molecule has 0 bridgehead atoms. The maximum Gasteiger partial charge on any atom is 0.443 e. The van der Waals surface area contributed by atoms with E-state index in [9.17, 15) is 17.6 Å². The fraction of sp³-hybridized carbons (Fsp3) is 0.667. The molecule has 1 aromatic heterocycles. The molecule has 0 spiro atoms. The Morgan fingerprint density at radius 2 is 2.00 bits per heavy atom. The van der Waals surface area contributed by atoms with Gasteiger partial charge in [-0.05, 0) is 6.42 Å². The first-order valence-electron chi connectivity index (χ1n) is 4.76. The second kappa shape index (κ2) is 4.67. The molecule has 0 fully saturated rings. The topological polar surface area (TPSA) is 38.9 Å². The van der Waals surface area contributed by atoms with E-state index >= 15 is 0 Å². The minimum Gasteiger partial charge on any atom is -0.327 e. The highest BCUT2D eigenvalue weighted by Gasteiger charge is 2.38. The van der Waals surface area contributed by atoms with Crippen LogP contribution in [0.25, 0.3) is 0 Å². The molecule has 1 unspecified atom stereocenters. The maximum atomic E-state index is 14.1. The normalized spacial score (nSPS) is 16.1. The Morgan fingerprint density at radius 1 is 1.38 bits per heavy atom. The molecule has 1 rings (SSSR count). The van der Waals surface area contributed by atoms with Crippen molar-refractivity contribution in [3.63, 3.8) is 0 Å². The molecule has 0 saturated heterocycles. The second-order valence-corrected chi connectivity index (χ2v) is 4.48. The van der Waals surface area contributed by atoms with Gasteiger partial charge in [0.15, 0.2) is 10.7 Å².